The summed E-state index contributed by atoms with van der Waals surface area (Å²) in [5, 5.41) is 0. The maximum absolute atomic E-state index is 5.78. The molecular formula is C13H12ClN3. The minimum Gasteiger partial charge on any atom is -0.325 e. The van der Waals surface area contributed by atoms with E-state index in [4.69, 9.17) is 11.6 Å². The Morgan fingerprint density at radius 2 is 2.12 bits per heavy atom. The van der Waals surface area contributed by atoms with Crippen molar-refractivity contribution < 1.29 is 0 Å². The first kappa shape index (κ1) is 10.5. The highest BCUT2D eigenvalue weighted by atomic mass is 35.5. The van der Waals surface area contributed by atoms with Crippen molar-refractivity contribution in [3.8, 4) is 0 Å². The minimum atomic E-state index is 0.399. The fourth-order valence-electron chi connectivity index (χ4n) is 2.17. The average Bonchev–Trinajstić information content (AvgIpc) is 2.82. The van der Waals surface area contributed by atoms with Crippen LogP contribution in [0.5, 0.6) is 0 Å². The van der Waals surface area contributed by atoms with Crippen molar-refractivity contribution in [2.75, 3.05) is 11.4 Å². The Bertz CT molecular complexity index is 542. The van der Waals surface area contributed by atoms with Crippen LogP contribution in [-0.4, -0.2) is 16.5 Å². The quantitative estimate of drug-likeness (QED) is 0.762. The molecule has 2 aromatic rings. The molecule has 0 fully saturated rings. The Hall–Kier alpha value is -1.61. The third-order valence-electron chi connectivity index (χ3n) is 2.97. The first-order chi connectivity index (χ1) is 8.38. The van der Waals surface area contributed by atoms with Gasteiger partial charge in [0.2, 0.25) is 0 Å². The standard InChI is InChI=1S/C13H12ClN3/c14-7-11-8-15-9-13(16-11)17-6-5-10-3-1-2-4-12(10)17/h1-4,8-9H,5-7H2. The zero-order valence-corrected chi connectivity index (χ0v) is 10.1. The van der Waals surface area contributed by atoms with Gasteiger partial charge in [0.25, 0.3) is 0 Å². The van der Waals surface area contributed by atoms with Crippen LogP contribution in [-0.2, 0) is 12.3 Å². The van der Waals surface area contributed by atoms with Gasteiger partial charge in [-0.25, -0.2) is 4.98 Å². The Kier molecular flexibility index (Phi) is 2.69. The zero-order chi connectivity index (χ0) is 11.7. The van der Waals surface area contributed by atoms with Crippen LogP contribution >= 0.6 is 11.6 Å². The Morgan fingerprint density at radius 3 is 3.00 bits per heavy atom. The molecule has 0 atom stereocenters. The van der Waals surface area contributed by atoms with E-state index in [0.29, 0.717) is 5.88 Å². The predicted molar refractivity (Wildman–Crippen MR) is 68.7 cm³/mol. The maximum atomic E-state index is 5.78. The molecule has 0 bridgehead atoms. The smallest absolute Gasteiger partial charge is 0.151 e. The van der Waals surface area contributed by atoms with Gasteiger partial charge >= 0.3 is 0 Å². The van der Waals surface area contributed by atoms with Crippen molar-refractivity contribution in [1.29, 1.82) is 0 Å². The van der Waals surface area contributed by atoms with E-state index >= 15 is 0 Å². The van der Waals surface area contributed by atoms with Crippen LogP contribution in [0.4, 0.5) is 11.5 Å². The van der Waals surface area contributed by atoms with Gasteiger partial charge in [-0.3, -0.25) is 4.98 Å². The first-order valence-electron chi connectivity index (χ1n) is 5.61. The second-order valence-corrected chi connectivity index (χ2v) is 4.30. The van der Waals surface area contributed by atoms with E-state index in [2.05, 4.69) is 39.1 Å². The fraction of sp³-hybridized carbons (Fsp3) is 0.231. The Morgan fingerprint density at radius 1 is 1.24 bits per heavy atom. The molecule has 3 rings (SSSR count). The van der Waals surface area contributed by atoms with Crippen LogP contribution in [0.2, 0.25) is 0 Å². The molecule has 0 saturated heterocycles. The molecule has 0 saturated carbocycles. The Labute approximate surface area is 105 Å². The SMILES string of the molecule is ClCc1cncc(N2CCc3ccccc32)n1. The first-order valence-corrected chi connectivity index (χ1v) is 6.14. The number of rotatable bonds is 2. The summed E-state index contributed by atoms with van der Waals surface area (Å²) in [6.07, 6.45) is 4.56. The average molecular weight is 246 g/mol. The van der Waals surface area contributed by atoms with Gasteiger partial charge in [0.1, 0.15) is 0 Å². The van der Waals surface area contributed by atoms with Crippen LogP contribution in [0.15, 0.2) is 36.7 Å². The molecule has 0 radical (unpaired) electrons. The number of aromatic nitrogens is 2. The predicted octanol–water partition coefficient (Wildman–Crippen LogP) is 2.91. The lowest BCUT2D eigenvalue weighted by atomic mass is 10.2. The van der Waals surface area contributed by atoms with E-state index in [1.165, 1.54) is 11.3 Å². The number of para-hydroxylation sites is 1. The van der Waals surface area contributed by atoms with Crippen LogP contribution in [0.1, 0.15) is 11.3 Å². The summed E-state index contributed by atoms with van der Waals surface area (Å²) < 4.78 is 0. The van der Waals surface area contributed by atoms with Crippen LogP contribution in [0.3, 0.4) is 0 Å². The highest BCUT2D eigenvalue weighted by Crippen LogP contribution is 2.32. The summed E-state index contributed by atoms with van der Waals surface area (Å²) in [7, 11) is 0. The van der Waals surface area contributed by atoms with E-state index in [-0.39, 0.29) is 0 Å². The second kappa shape index (κ2) is 4.34. The molecule has 3 nitrogen and oxygen atoms in total. The minimum absolute atomic E-state index is 0.399. The largest absolute Gasteiger partial charge is 0.325 e. The van der Waals surface area contributed by atoms with Gasteiger partial charge in [-0.1, -0.05) is 18.2 Å². The maximum Gasteiger partial charge on any atom is 0.151 e. The van der Waals surface area contributed by atoms with Gasteiger partial charge in [-0.05, 0) is 18.1 Å². The van der Waals surface area contributed by atoms with Crippen molar-refractivity contribution in [1.82, 2.24) is 9.97 Å². The number of nitrogens with zero attached hydrogens (tertiary/aromatic N) is 3. The molecule has 0 unspecified atom stereocenters. The number of alkyl halides is 1. The van der Waals surface area contributed by atoms with Crippen molar-refractivity contribution in [2.45, 2.75) is 12.3 Å². The van der Waals surface area contributed by atoms with Crippen LogP contribution in [0.25, 0.3) is 0 Å². The molecule has 17 heavy (non-hydrogen) atoms. The van der Waals surface area contributed by atoms with Gasteiger partial charge in [0.05, 0.1) is 17.8 Å². The number of benzene rings is 1. The van der Waals surface area contributed by atoms with Gasteiger partial charge in [0, 0.05) is 18.4 Å². The van der Waals surface area contributed by atoms with E-state index < -0.39 is 0 Å². The summed E-state index contributed by atoms with van der Waals surface area (Å²) in [6, 6.07) is 8.41. The van der Waals surface area contributed by atoms with Crippen LogP contribution < -0.4 is 4.90 Å². The lowest BCUT2D eigenvalue weighted by molar-refractivity contribution is 0.949. The van der Waals surface area contributed by atoms with Crippen molar-refractivity contribution >= 4 is 23.1 Å². The monoisotopic (exact) mass is 245 g/mol. The molecule has 86 valence electrons. The zero-order valence-electron chi connectivity index (χ0n) is 9.31. The normalized spacial score (nSPS) is 13.8. The van der Waals surface area contributed by atoms with Crippen molar-refractivity contribution in [3.63, 3.8) is 0 Å². The van der Waals surface area contributed by atoms with E-state index in [9.17, 15) is 0 Å². The van der Waals surface area contributed by atoms with Gasteiger partial charge < -0.3 is 4.90 Å². The molecule has 0 N–H and O–H groups in total. The third-order valence-corrected chi connectivity index (χ3v) is 3.25. The van der Waals surface area contributed by atoms with Crippen LogP contribution in [0, 0.1) is 0 Å². The molecule has 1 aliphatic rings. The lowest BCUT2D eigenvalue weighted by Crippen LogP contribution is -2.15. The molecule has 1 aliphatic heterocycles. The summed E-state index contributed by atoms with van der Waals surface area (Å²) in [5.74, 6) is 1.28. The lowest BCUT2D eigenvalue weighted by Gasteiger charge is -2.18. The topological polar surface area (TPSA) is 29.0 Å². The summed E-state index contributed by atoms with van der Waals surface area (Å²) in [6.45, 7) is 0.958. The molecule has 4 heteroatoms. The summed E-state index contributed by atoms with van der Waals surface area (Å²) >= 11 is 5.78. The molecule has 0 aliphatic carbocycles. The Balaban J connectivity index is 2.01. The third kappa shape index (κ3) is 1.87. The van der Waals surface area contributed by atoms with Gasteiger partial charge in [-0.15, -0.1) is 11.6 Å². The fourth-order valence-corrected chi connectivity index (χ4v) is 2.29. The summed E-state index contributed by atoms with van der Waals surface area (Å²) in [5.41, 5.74) is 3.41. The van der Waals surface area contributed by atoms with Crippen molar-refractivity contribution in [3.05, 3.63) is 47.9 Å². The highest BCUT2D eigenvalue weighted by molar-refractivity contribution is 6.16. The number of halogens is 1. The van der Waals surface area contributed by atoms with Crippen molar-refractivity contribution in [2.24, 2.45) is 0 Å². The summed E-state index contributed by atoms with van der Waals surface area (Å²) in [4.78, 5) is 10.9. The number of hydrogen-bond donors (Lipinski definition) is 0. The van der Waals surface area contributed by atoms with E-state index in [0.717, 1.165) is 24.5 Å². The molecule has 2 heterocycles. The van der Waals surface area contributed by atoms with Gasteiger partial charge in [-0.2, -0.15) is 0 Å². The van der Waals surface area contributed by atoms with E-state index in [1.54, 1.807) is 12.4 Å². The van der Waals surface area contributed by atoms with E-state index in [1.807, 2.05) is 0 Å². The molecule has 1 aromatic heterocycles. The number of anilines is 2. The number of fused-ring (bicyclic) bond motifs is 1. The number of hydrogen-bond acceptors (Lipinski definition) is 3. The molecule has 1 aromatic carbocycles. The van der Waals surface area contributed by atoms with Gasteiger partial charge in [0.15, 0.2) is 5.82 Å². The second-order valence-electron chi connectivity index (χ2n) is 4.03. The molecular weight excluding hydrogens is 234 g/mol. The molecule has 0 spiro atoms. The highest BCUT2D eigenvalue weighted by Gasteiger charge is 2.20. The molecule has 0 amide bonds.